The van der Waals surface area contributed by atoms with Gasteiger partial charge in [0.1, 0.15) is 11.5 Å². The first-order valence-corrected chi connectivity index (χ1v) is 9.79. The molecule has 2 amide bonds. The van der Waals surface area contributed by atoms with Crippen molar-refractivity contribution >= 4 is 23.6 Å². The Morgan fingerprint density at radius 3 is 2.28 bits per heavy atom. The van der Waals surface area contributed by atoms with Crippen LogP contribution in [0.3, 0.4) is 0 Å². The predicted octanol–water partition coefficient (Wildman–Crippen LogP) is 2.76. The molecule has 0 aromatic carbocycles. The van der Waals surface area contributed by atoms with E-state index in [1.165, 1.54) is 0 Å². The summed E-state index contributed by atoms with van der Waals surface area (Å²) in [7, 11) is 0. The summed E-state index contributed by atoms with van der Waals surface area (Å²) < 4.78 is 5.42. The molecule has 1 aliphatic carbocycles. The quantitative estimate of drug-likeness (QED) is 0.771. The van der Waals surface area contributed by atoms with Gasteiger partial charge in [0, 0.05) is 19.1 Å². The van der Waals surface area contributed by atoms with Gasteiger partial charge in [0.2, 0.25) is 5.91 Å². The van der Waals surface area contributed by atoms with Crippen molar-refractivity contribution in [2.45, 2.75) is 83.1 Å². The van der Waals surface area contributed by atoms with Gasteiger partial charge in [0.15, 0.2) is 0 Å². The van der Waals surface area contributed by atoms with Gasteiger partial charge in [0.05, 0.1) is 12.1 Å². The van der Waals surface area contributed by atoms with Gasteiger partial charge >= 0.3 is 6.09 Å². The van der Waals surface area contributed by atoms with Gasteiger partial charge in [-0.1, -0.05) is 12.8 Å². The van der Waals surface area contributed by atoms with Crippen LogP contribution in [0.25, 0.3) is 0 Å². The summed E-state index contributed by atoms with van der Waals surface area (Å²) in [5, 5.41) is 10.4. The first-order valence-electron chi connectivity index (χ1n) is 9.26. The van der Waals surface area contributed by atoms with E-state index in [1.54, 1.807) is 4.90 Å². The molecule has 0 aromatic heterocycles. The van der Waals surface area contributed by atoms with Crippen molar-refractivity contribution in [3.63, 3.8) is 0 Å². The topological polar surface area (TPSA) is 70.1 Å². The van der Waals surface area contributed by atoms with E-state index in [0.717, 1.165) is 25.7 Å². The standard InChI is InChI=1S/C18H31ClN2O4/c1-18(2,3)25-17(24)20-10-8-13(9-11-20)21(16(23)12-19)14-6-4-5-7-15(14)22/h13-15,22H,4-12H2,1-3H3/t14?,15-/m0/s1. The number of hydrogen-bond acceptors (Lipinski definition) is 4. The van der Waals surface area contributed by atoms with E-state index in [9.17, 15) is 14.7 Å². The number of halogens is 1. The number of rotatable bonds is 3. The highest BCUT2D eigenvalue weighted by atomic mass is 35.5. The average Bonchev–Trinajstić information content (AvgIpc) is 2.55. The zero-order chi connectivity index (χ0) is 18.6. The lowest BCUT2D eigenvalue weighted by molar-refractivity contribution is -0.139. The molecular weight excluding hydrogens is 344 g/mol. The second-order valence-corrected chi connectivity index (χ2v) is 8.32. The Hall–Kier alpha value is -1.01. The minimum Gasteiger partial charge on any atom is -0.444 e. The zero-order valence-electron chi connectivity index (χ0n) is 15.5. The molecule has 1 aliphatic heterocycles. The van der Waals surface area contributed by atoms with Gasteiger partial charge in [-0.25, -0.2) is 4.79 Å². The maximum absolute atomic E-state index is 12.4. The molecule has 1 heterocycles. The summed E-state index contributed by atoms with van der Waals surface area (Å²) in [6.45, 7) is 6.65. The summed E-state index contributed by atoms with van der Waals surface area (Å²) in [5.41, 5.74) is -0.513. The molecule has 6 nitrogen and oxygen atoms in total. The van der Waals surface area contributed by atoms with Crippen molar-refractivity contribution in [3.05, 3.63) is 0 Å². The fourth-order valence-electron chi connectivity index (χ4n) is 3.80. The number of carbonyl (C=O) groups is 2. The Bertz CT molecular complexity index is 472. The molecule has 25 heavy (non-hydrogen) atoms. The fraction of sp³-hybridized carbons (Fsp3) is 0.889. The third kappa shape index (κ3) is 5.48. The summed E-state index contributed by atoms with van der Waals surface area (Å²) >= 11 is 5.83. The van der Waals surface area contributed by atoms with Gasteiger partial charge in [0.25, 0.3) is 0 Å². The molecule has 0 bridgehead atoms. The van der Waals surface area contributed by atoms with E-state index in [1.807, 2.05) is 25.7 Å². The number of ether oxygens (including phenoxy) is 1. The summed E-state index contributed by atoms with van der Waals surface area (Å²) in [5.74, 6) is -0.196. The number of likely N-dealkylation sites (tertiary alicyclic amines) is 1. The van der Waals surface area contributed by atoms with Crippen molar-refractivity contribution in [1.82, 2.24) is 9.80 Å². The Morgan fingerprint density at radius 2 is 1.76 bits per heavy atom. The minimum atomic E-state index is -0.513. The first kappa shape index (κ1) is 20.3. The summed E-state index contributed by atoms with van der Waals surface area (Å²) in [6, 6.07) is -0.138. The largest absolute Gasteiger partial charge is 0.444 e. The van der Waals surface area contributed by atoms with Crippen LogP contribution in [0.5, 0.6) is 0 Å². The molecule has 2 rings (SSSR count). The normalized spacial score (nSPS) is 25.6. The molecule has 2 aliphatic rings. The van der Waals surface area contributed by atoms with Crippen LogP contribution in [0.1, 0.15) is 59.3 Å². The molecule has 0 radical (unpaired) electrons. The number of hydrogen-bond donors (Lipinski definition) is 1. The second-order valence-electron chi connectivity index (χ2n) is 8.05. The van der Waals surface area contributed by atoms with Crippen LogP contribution in [0.2, 0.25) is 0 Å². The molecular formula is C18H31ClN2O4. The van der Waals surface area contributed by atoms with Crippen LogP contribution in [0.15, 0.2) is 0 Å². The zero-order valence-corrected chi connectivity index (χ0v) is 16.3. The highest BCUT2D eigenvalue weighted by molar-refractivity contribution is 6.27. The van der Waals surface area contributed by atoms with E-state index < -0.39 is 11.7 Å². The van der Waals surface area contributed by atoms with Crippen LogP contribution in [-0.2, 0) is 9.53 Å². The third-order valence-electron chi connectivity index (χ3n) is 4.96. The summed E-state index contributed by atoms with van der Waals surface area (Å²) in [6.07, 6.45) is 4.14. The lowest BCUT2D eigenvalue weighted by Crippen LogP contribution is -2.57. The molecule has 1 N–H and O–H groups in total. The van der Waals surface area contributed by atoms with Gasteiger partial charge in [-0.3, -0.25) is 4.79 Å². The molecule has 2 fully saturated rings. The Labute approximate surface area is 155 Å². The van der Waals surface area contributed by atoms with E-state index in [4.69, 9.17) is 16.3 Å². The number of carbonyl (C=O) groups excluding carboxylic acids is 2. The number of alkyl halides is 1. The van der Waals surface area contributed by atoms with Crippen molar-refractivity contribution in [3.8, 4) is 0 Å². The lowest BCUT2D eigenvalue weighted by atomic mass is 9.89. The third-order valence-corrected chi connectivity index (χ3v) is 5.19. The Balaban J connectivity index is 1.99. The molecule has 7 heteroatoms. The van der Waals surface area contributed by atoms with Gasteiger partial charge < -0.3 is 19.6 Å². The highest BCUT2D eigenvalue weighted by Gasteiger charge is 2.38. The van der Waals surface area contributed by atoms with Gasteiger partial charge in [-0.2, -0.15) is 0 Å². The number of piperidine rings is 1. The monoisotopic (exact) mass is 374 g/mol. The summed E-state index contributed by atoms with van der Waals surface area (Å²) in [4.78, 5) is 28.1. The van der Waals surface area contributed by atoms with Gasteiger partial charge in [-0.05, 0) is 46.5 Å². The van der Waals surface area contributed by atoms with E-state index in [-0.39, 0.29) is 30.0 Å². The molecule has 1 unspecified atom stereocenters. The van der Waals surface area contributed by atoms with E-state index in [0.29, 0.717) is 25.9 Å². The van der Waals surface area contributed by atoms with Crippen LogP contribution < -0.4 is 0 Å². The Kier molecular flexibility index (Phi) is 6.97. The van der Waals surface area contributed by atoms with Crippen molar-refractivity contribution < 1.29 is 19.4 Å². The maximum atomic E-state index is 12.4. The Morgan fingerprint density at radius 1 is 1.16 bits per heavy atom. The molecule has 1 saturated carbocycles. The second kappa shape index (κ2) is 8.58. The van der Waals surface area contributed by atoms with Crippen LogP contribution >= 0.6 is 11.6 Å². The lowest BCUT2D eigenvalue weighted by Gasteiger charge is -2.45. The number of aliphatic hydroxyl groups is 1. The molecule has 144 valence electrons. The van der Waals surface area contributed by atoms with Gasteiger partial charge in [-0.15, -0.1) is 11.6 Å². The molecule has 1 saturated heterocycles. The number of amides is 2. The molecule has 2 atom stereocenters. The maximum Gasteiger partial charge on any atom is 0.410 e. The van der Waals surface area contributed by atoms with Crippen molar-refractivity contribution in [1.29, 1.82) is 0 Å². The van der Waals surface area contributed by atoms with Crippen molar-refractivity contribution in [2.75, 3.05) is 19.0 Å². The van der Waals surface area contributed by atoms with Crippen LogP contribution in [0, 0.1) is 0 Å². The highest BCUT2D eigenvalue weighted by Crippen LogP contribution is 2.29. The van der Waals surface area contributed by atoms with Crippen molar-refractivity contribution in [2.24, 2.45) is 0 Å². The van der Waals surface area contributed by atoms with Crippen LogP contribution in [-0.4, -0.2) is 69.7 Å². The fourth-order valence-corrected chi connectivity index (χ4v) is 3.94. The smallest absolute Gasteiger partial charge is 0.410 e. The number of nitrogens with zero attached hydrogens (tertiary/aromatic N) is 2. The number of aliphatic hydroxyl groups excluding tert-OH is 1. The average molecular weight is 375 g/mol. The van der Waals surface area contributed by atoms with E-state index >= 15 is 0 Å². The molecule has 0 spiro atoms. The molecule has 0 aromatic rings. The van der Waals surface area contributed by atoms with Crippen LogP contribution in [0.4, 0.5) is 4.79 Å². The van der Waals surface area contributed by atoms with E-state index in [2.05, 4.69) is 0 Å². The SMILES string of the molecule is CC(C)(C)OC(=O)N1CCC(N(C(=O)CCl)C2CCCC[C@@H]2O)CC1. The predicted molar refractivity (Wildman–Crippen MR) is 96.7 cm³/mol. The minimum absolute atomic E-state index is 0.0164. The first-order chi connectivity index (χ1) is 11.7.